The van der Waals surface area contributed by atoms with Gasteiger partial charge in [-0.1, -0.05) is 51.5 Å². The minimum absolute atomic E-state index is 0.0850. The molecule has 1 rings (SSSR count). The highest BCUT2D eigenvalue weighted by Gasteiger charge is 2.15. The van der Waals surface area contributed by atoms with Crippen molar-refractivity contribution in [3.8, 4) is 0 Å². The third-order valence-electron chi connectivity index (χ3n) is 3.32. The van der Waals surface area contributed by atoms with E-state index >= 15 is 0 Å². The fourth-order valence-electron chi connectivity index (χ4n) is 2.04. The summed E-state index contributed by atoms with van der Waals surface area (Å²) in [6, 6.07) is 7.84. The average molecular weight is 298 g/mol. The summed E-state index contributed by atoms with van der Waals surface area (Å²) < 4.78 is 24.0. The second-order valence-electron chi connectivity index (χ2n) is 6.32. The fourth-order valence-corrected chi connectivity index (χ4v) is 3.53. The van der Waals surface area contributed by atoms with Crippen LogP contribution >= 0.6 is 0 Å². The smallest absolute Gasteiger partial charge is 0.154 e. The summed E-state index contributed by atoms with van der Waals surface area (Å²) in [7, 11) is -3.05. The van der Waals surface area contributed by atoms with Crippen molar-refractivity contribution < 1.29 is 13.5 Å². The zero-order valence-electron chi connectivity index (χ0n) is 12.7. The van der Waals surface area contributed by atoms with Crippen LogP contribution < -0.4 is 0 Å². The molecule has 1 aromatic rings. The molecule has 0 saturated carbocycles. The predicted octanol–water partition coefficient (Wildman–Crippen LogP) is 3.06. The zero-order chi connectivity index (χ0) is 15.2. The Morgan fingerprint density at radius 1 is 1.00 bits per heavy atom. The van der Waals surface area contributed by atoms with Crippen molar-refractivity contribution in [1.29, 1.82) is 0 Å². The maximum absolute atomic E-state index is 12.0. The topological polar surface area (TPSA) is 54.4 Å². The molecular formula is C16H26O3S. The molecule has 0 heterocycles. The molecule has 4 heteroatoms. The SMILES string of the molecule is CC(C)(C)c1ccc(CS(=O)(=O)CCCCCO)cc1. The van der Waals surface area contributed by atoms with Crippen LogP contribution in [-0.2, 0) is 21.0 Å². The molecule has 0 aromatic heterocycles. The lowest BCUT2D eigenvalue weighted by molar-refractivity contribution is 0.284. The molecule has 1 aromatic carbocycles. The normalized spacial score (nSPS) is 12.6. The standard InChI is InChI=1S/C16H26O3S/c1-16(2,3)15-9-7-14(8-10-15)13-20(18,19)12-6-4-5-11-17/h7-10,17H,4-6,11-13H2,1-3H3. The van der Waals surface area contributed by atoms with Gasteiger partial charge in [-0.3, -0.25) is 0 Å². The lowest BCUT2D eigenvalue weighted by Crippen LogP contribution is -2.12. The van der Waals surface area contributed by atoms with E-state index in [4.69, 9.17) is 5.11 Å². The van der Waals surface area contributed by atoms with Gasteiger partial charge in [0.05, 0.1) is 11.5 Å². The summed E-state index contributed by atoms with van der Waals surface area (Å²) in [5.74, 6) is 0.310. The largest absolute Gasteiger partial charge is 0.396 e. The first kappa shape index (κ1) is 17.2. The number of hydrogen-bond donors (Lipinski definition) is 1. The van der Waals surface area contributed by atoms with Crippen LogP contribution in [0.4, 0.5) is 0 Å². The Balaban J connectivity index is 2.59. The Morgan fingerprint density at radius 3 is 2.10 bits per heavy atom. The quantitative estimate of drug-likeness (QED) is 0.787. The van der Waals surface area contributed by atoms with Crippen LogP contribution in [0.25, 0.3) is 0 Å². The van der Waals surface area contributed by atoms with Crippen molar-refractivity contribution >= 4 is 9.84 Å². The lowest BCUT2D eigenvalue weighted by atomic mass is 9.87. The highest BCUT2D eigenvalue weighted by atomic mass is 32.2. The van der Waals surface area contributed by atoms with Gasteiger partial charge in [0.25, 0.3) is 0 Å². The molecule has 0 aliphatic rings. The van der Waals surface area contributed by atoms with E-state index in [0.29, 0.717) is 12.8 Å². The van der Waals surface area contributed by atoms with Crippen LogP contribution in [0.2, 0.25) is 0 Å². The minimum atomic E-state index is -3.05. The summed E-state index contributed by atoms with van der Waals surface area (Å²) in [6.45, 7) is 6.55. The van der Waals surface area contributed by atoms with Gasteiger partial charge in [0, 0.05) is 6.61 Å². The maximum Gasteiger partial charge on any atom is 0.154 e. The Kier molecular flexibility index (Phi) is 6.21. The summed E-state index contributed by atoms with van der Waals surface area (Å²) >= 11 is 0. The molecule has 0 radical (unpaired) electrons. The molecule has 0 amide bonds. The van der Waals surface area contributed by atoms with Gasteiger partial charge in [-0.05, 0) is 29.4 Å². The predicted molar refractivity (Wildman–Crippen MR) is 83.6 cm³/mol. The van der Waals surface area contributed by atoms with Crippen LogP contribution in [0.5, 0.6) is 0 Å². The molecular weight excluding hydrogens is 272 g/mol. The first-order valence-corrected chi connectivity index (χ1v) is 8.97. The van der Waals surface area contributed by atoms with Crippen LogP contribution in [0.1, 0.15) is 51.2 Å². The van der Waals surface area contributed by atoms with E-state index in [1.807, 2.05) is 24.3 Å². The third-order valence-corrected chi connectivity index (χ3v) is 5.00. The van der Waals surface area contributed by atoms with Gasteiger partial charge in [-0.2, -0.15) is 0 Å². The minimum Gasteiger partial charge on any atom is -0.396 e. The van der Waals surface area contributed by atoms with E-state index < -0.39 is 9.84 Å². The lowest BCUT2D eigenvalue weighted by Gasteiger charge is -2.19. The second kappa shape index (κ2) is 7.23. The number of aliphatic hydroxyl groups is 1. The highest BCUT2D eigenvalue weighted by molar-refractivity contribution is 7.90. The molecule has 0 saturated heterocycles. The van der Waals surface area contributed by atoms with E-state index in [9.17, 15) is 8.42 Å². The molecule has 0 unspecified atom stereocenters. The summed E-state index contributed by atoms with van der Waals surface area (Å²) in [5, 5.41) is 8.67. The van der Waals surface area contributed by atoms with Crippen molar-refractivity contribution in [1.82, 2.24) is 0 Å². The molecule has 0 aliphatic heterocycles. The van der Waals surface area contributed by atoms with Gasteiger partial charge in [0.15, 0.2) is 9.84 Å². The molecule has 3 nitrogen and oxygen atoms in total. The van der Waals surface area contributed by atoms with Crippen LogP contribution in [0, 0.1) is 0 Å². The van der Waals surface area contributed by atoms with Crippen LogP contribution in [0.15, 0.2) is 24.3 Å². The van der Waals surface area contributed by atoms with Crippen molar-refractivity contribution in [2.24, 2.45) is 0 Å². The highest BCUT2D eigenvalue weighted by Crippen LogP contribution is 2.22. The molecule has 0 spiro atoms. The van der Waals surface area contributed by atoms with Crippen molar-refractivity contribution in [3.05, 3.63) is 35.4 Å². The Bertz CT molecular complexity index is 496. The summed E-state index contributed by atoms with van der Waals surface area (Å²) in [4.78, 5) is 0. The van der Waals surface area contributed by atoms with E-state index in [0.717, 1.165) is 12.0 Å². The molecule has 0 atom stereocenters. The van der Waals surface area contributed by atoms with E-state index in [1.165, 1.54) is 5.56 Å². The third kappa shape index (κ3) is 6.06. The van der Waals surface area contributed by atoms with Gasteiger partial charge in [-0.25, -0.2) is 8.42 Å². The number of hydrogen-bond acceptors (Lipinski definition) is 3. The Labute approximate surface area is 123 Å². The Hall–Kier alpha value is -0.870. The monoisotopic (exact) mass is 298 g/mol. The van der Waals surface area contributed by atoms with Crippen molar-refractivity contribution in [3.63, 3.8) is 0 Å². The van der Waals surface area contributed by atoms with E-state index in [2.05, 4.69) is 20.8 Å². The van der Waals surface area contributed by atoms with Gasteiger partial charge in [0.2, 0.25) is 0 Å². The van der Waals surface area contributed by atoms with Crippen molar-refractivity contribution in [2.45, 2.75) is 51.2 Å². The van der Waals surface area contributed by atoms with E-state index in [1.54, 1.807) is 0 Å². The zero-order valence-corrected chi connectivity index (χ0v) is 13.5. The second-order valence-corrected chi connectivity index (χ2v) is 8.51. The molecule has 20 heavy (non-hydrogen) atoms. The number of rotatable bonds is 7. The van der Waals surface area contributed by atoms with Gasteiger partial charge >= 0.3 is 0 Å². The molecule has 0 fully saturated rings. The molecule has 1 N–H and O–H groups in total. The number of sulfone groups is 1. The number of aliphatic hydroxyl groups excluding tert-OH is 1. The average Bonchev–Trinajstić information content (AvgIpc) is 2.34. The van der Waals surface area contributed by atoms with Crippen LogP contribution in [0.3, 0.4) is 0 Å². The summed E-state index contributed by atoms with van der Waals surface area (Å²) in [6.07, 6.45) is 2.07. The van der Waals surface area contributed by atoms with E-state index in [-0.39, 0.29) is 23.5 Å². The molecule has 0 aliphatic carbocycles. The van der Waals surface area contributed by atoms with Crippen molar-refractivity contribution in [2.75, 3.05) is 12.4 Å². The first-order valence-electron chi connectivity index (χ1n) is 7.15. The number of benzene rings is 1. The van der Waals surface area contributed by atoms with Gasteiger partial charge < -0.3 is 5.11 Å². The fraction of sp³-hybridized carbons (Fsp3) is 0.625. The van der Waals surface area contributed by atoms with Crippen LogP contribution in [-0.4, -0.2) is 25.9 Å². The first-order chi connectivity index (χ1) is 9.24. The number of unbranched alkanes of at least 4 members (excludes halogenated alkanes) is 2. The Morgan fingerprint density at radius 2 is 1.60 bits per heavy atom. The molecule has 114 valence electrons. The molecule has 0 bridgehead atoms. The maximum atomic E-state index is 12.0. The van der Waals surface area contributed by atoms with Gasteiger partial charge in [-0.15, -0.1) is 0 Å². The van der Waals surface area contributed by atoms with Gasteiger partial charge in [0.1, 0.15) is 0 Å². The summed E-state index contributed by atoms with van der Waals surface area (Å²) in [5.41, 5.74) is 2.14.